The molecule has 0 saturated carbocycles. The molecule has 7 heteroatoms. The first kappa shape index (κ1) is 13.7. The lowest BCUT2D eigenvalue weighted by Gasteiger charge is -1.98. The number of benzene rings is 2. The topological polar surface area (TPSA) is 64.9 Å². The molecule has 3 aromatic rings. The molecule has 0 radical (unpaired) electrons. The van der Waals surface area contributed by atoms with Crippen LogP contribution in [0.25, 0.3) is 22.8 Å². The lowest BCUT2D eigenvalue weighted by molar-refractivity contribution is 0.429. The summed E-state index contributed by atoms with van der Waals surface area (Å²) in [5, 5.41) is 3.74. The molecule has 0 bridgehead atoms. The minimum absolute atomic E-state index is 0.00267. The standard InChI is InChI=1S/C14H8BrF2N3O/c15-8-3-7(4-9(16)5-8)13-19-14(21-20-13)11-2-1-10(18)6-12(11)17/h1-6H,18H2. The van der Waals surface area contributed by atoms with Crippen LogP contribution in [0.1, 0.15) is 0 Å². The molecule has 0 unspecified atom stereocenters. The van der Waals surface area contributed by atoms with Gasteiger partial charge in [0.2, 0.25) is 5.82 Å². The van der Waals surface area contributed by atoms with Gasteiger partial charge in [-0.15, -0.1) is 0 Å². The summed E-state index contributed by atoms with van der Waals surface area (Å²) in [5.74, 6) is -0.834. The highest BCUT2D eigenvalue weighted by molar-refractivity contribution is 9.10. The number of hydrogen-bond acceptors (Lipinski definition) is 4. The van der Waals surface area contributed by atoms with Crippen LogP contribution in [0.15, 0.2) is 45.4 Å². The zero-order valence-electron chi connectivity index (χ0n) is 10.5. The van der Waals surface area contributed by atoms with Crippen molar-refractivity contribution >= 4 is 21.6 Å². The molecule has 0 aliphatic heterocycles. The predicted octanol–water partition coefficient (Wildman–Crippen LogP) is 4.03. The van der Waals surface area contributed by atoms with E-state index in [0.29, 0.717) is 15.7 Å². The molecule has 1 aromatic heterocycles. The van der Waals surface area contributed by atoms with Crippen LogP contribution in [-0.4, -0.2) is 10.1 Å². The third-order valence-corrected chi connectivity index (χ3v) is 3.23. The summed E-state index contributed by atoms with van der Waals surface area (Å²) in [6.07, 6.45) is 0. The summed E-state index contributed by atoms with van der Waals surface area (Å²) in [6.45, 7) is 0. The Balaban J connectivity index is 2.03. The number of anilines is 1. The average Bonchev–Trinajstić information content (AvgIpc) is 2.87. The number of nitrogen functional groups attached to an aromatic ring is 1. The minimum atomic E-state index is -0.564. The molecule has 0 amide bonds. The molecular formula is C14H8BrF2N3O. The first-order valence-corrected chi connectivity index (χ1v) is 6.68. The van der Waals surface area contributed by atoms with Crippen molar-refractivity contribution in [2.24, 2.45) is 0 Å². The Morgan fingerprint density at radius 2 is 1.90 bits per heavy atom. The van der Waals surface area contributed by atoms with Gasteiger partial charge >= 0.3 is 0 Å². The highest BCUT2D eigenvalue weighted by Crippen LogP contribution is 2.27. The van der Waals surface area contributed by atoms with Crippen molar-refractivity contribution in [3.8, 4) is 22.8 Å². The van der Waals surface area contributed by atoms with Crippen LogP contribution >= 0.6 is 15.9 Å². The highest BCUT2D eigenvalue weighted by atomic mass is 79.9. The van der Waals surface area contributed by atoms with Crippen molar-refractivity contribution < 1.29 is 13.3 Å². The van der Waals surface area contributed by atoms with E-state index in [2.05, 4.69) is 26.1 Å². The summed E-state index contributed by atoms with van der Waals surface area (Å²) in [5.41, 5.74) is 6.34. The molecule has 0 saturated heterocycles. The largest absolute Gasteiger partial charge is 0.399 e. The maximum Gasteiger partial charge on any atom is 0.261 e. The second-order valence-corrected chi connectivity index (χ2v) is 5.24. The summed E-state index contributed by atoms with van der Waals surface area (Å²) in [6, 6.07) is 8.35. The quantitative estimate of drug-likeness (QED) is 0.708. The fourth-order valence-electron chi connectivity index (χ4n) is 1.84. The predicted molar refractivity (Wildman–Crippen MR) is 77.2 cm³/mol. The monoisotopic (exact) mass is 351 g/mol. The van der Waals surface area contributed by atoms with Gasteiger partial charge in [-0.3, -0.25) is 0 Å². The Morgan fingerprint density at radius 1 is 1.10 bits per heavy atom. The van der Waals surface area contributed by atoms with Crippen LogP contribution in [0.4, 0.5) is 14.5 Å². The van der Waals surface area contributed by atoms with E-state index in [4.69, 9.17) is 10.3 Å². The lowest BCUT2D eigenvalue weighted by atomic mass is 10.2. The number of aromatic nitrogens is 2. The Kier molecular flexibility index (Phi) is 3.42. The number of nitrogens with zero attached hydrogens (tertiary/aromatic N) is 2. The number of rotatable bonds is 2. The van der Waals surface area contributed by atoms with Gasteiger partial charge in [-0.05, 0) is 36.4 Å². The molecule has 0 aliphatic carbocycles. The van der Waals surface area contributed by atoms with Crippen LogP contribution in [0.5, 0.6) is 0 Å². The van der Waals surface area contributed by atoms with Crippen molar-refractivity contribution in [1.82, 2.24) is 10.1 Å². The normalized spacial score (nSPS) is 10.8. The van der Waals surface area contributed by atoms with Gasteiger partial charge in [0.25, 0.3) is 5.89 Å². The lowest BCUT2D eigenvalue weighted by Crippen LogP contribution is -1.89. The Bertz CT molecular complexity index is 799. The first-order valence-electron chi connectivity index (χ1n) is 5.88. The molecule has 4 nitrogen and oxygen atoms in total. The molecular weight excluding hydrogens is 344 g/mol. The molecule has 0 fully saturated rings. The molecule has 21 heavy (non-hydrogen) atoms. The van der Waals surface area contributed by atoms with Crippen molar-refractivity contribution in [2.75, 3.05) is 5.73 Å². The maximum atomic E-state index is 13.8. The molecule has 0 spiro atoms. The van der Waals surface area contributed by atoms with Crippen LogP contribution < -0.4 is 5.73 Å². The summed E-state index contributed by atoms with van der Waals surface area (Å²) in [4.78, 5) is 4.08. The fourth-order valence-corrected chi connectivity index (χ4v) is 2.30. The van der Waals surface area contributed by atoms with Crippen LogP contribution in [0, 0.1) is 11.6 Å². The van der Waals surface area contributed by atoms with Crippen LogP contribution in [0.2, 0.25) is 0 Å². The fraction of sp³-hybridized carbons (Fsp3) is 0. The molecule has 106 valence electrons. The Morgan fingerprint density at radius 3 is 2.62 bits per heavy atom. The van der Waals surface area contributed by atoms with Gasteiger partial charge in [-0.1, -0.05) is 21.1 Å². The second-order valence-electron chi connectivity index (χ2n) is 4.32. The van der Waals surface area contributed by atoms with Crippen molar-refractivity contribution in [1.29, 1.82) is 0 Å². The van der Waals surface area contributed by atoms with E-state index in [1.807, 2.05) is 0 Å². The molecule has 0 atom stereocenters. The smallest absolute Gasteiger partial charge is 0.261 e. The van der Waals surface area contributed by atoms with Crippen molar-refractivity contribution in [3.63, 3.8) is 0 Å². The highest BCUT2D eigenvalue weighted by Gasteiger charge is 2.15. The van der Waals surface area contributed by atoms with Crippen LogP contribution in [-0.2, 0) is 0 Å². The SMILES string of the molecule is Nc1ccc(-c2nc(-c3cc(F)cc(Br)c3)no2)c(F)c1. The number of halogens is 3. The van der Waals surface area contributed by atoms with E-state index in [0.717, 1.165) is 6.07 Å². The van der Waals surface area contributed by atoms with E-state index >= 15 is 0 Å². The third kappa shape index (κ3) is 2.78. The van der Waals surface area contributed by atoms with Gasteiger partial charge in [-0.25, -0.2) is 8.78 Å². The molecule has 0 aliphatic rings. The first-order chi connectivity index (χ1) is 10.0. The zero-order valence-corrected chi connectivity index (χ0v) is 12.1. The van der Waals surface area contributed by atoms with Crippen molar-refractivity contribution in [2.45, 2.75) is 0 Å². The Hall–Kier alpha value is -2.28. The summed E-state index contributed by atoms with van der Waals surface area (Å²) < 4.78 is 32.7. The third-order valence-electron chi connectivity index (χ3n) is 2.77. The van der Waals surface area contributed by atoms with E-state index in [9.17, 15) is 8.78 Å². The van der Waals surface area contributed by atoms with Crippen LogP contribution in [0.3, 0.4) is 0 Å². The summed E-state index contributed by atoms with van der Waals surface area (Å²) >= 11 is 3.18. The number of nitrogens with two attached hydrogens (primary N) is 1. The van der Waals surface area contributed by atoms with Gasteiger partial charge in [0, 0.05) is 15.7 Å². The van der Waals surface area contributed by atoms with Gasteiger partial charge in [0.05, 0.1) is 5.56 Å². The number of hydrogen-bond donors (Lipinski definition) is 1. The van der Waals surface area contributed by atoms with E-state index in [-0.39, 0.29) is 17.3 Å². The van der Waals surface area contributed by atoms with Crippen molar-refractivity contribution in [3.05, 3.63) is 52.5 Å². The minimum Gasteiger partial charge on any atom is -0.399 e. The van der Waals surface area contributed by atoms with Gasteiger partial charge < -0.3 is 10.3 Å². The van der Waals surface area contributed by atoms with Gasteiger partial charge in [-0.2, -0.15) is 4.98 Å². The van der Waals surface area contributed by atoms with E-state index in [1.165, 1.54) is 24.3 Å². The zero-order chi connectivity index (χ0) is 15.0. The molecule has 2 N–H and O–H groups in total. The molecule has 1 heterocycles. The van der Waals surface area contributed by atoms with E-state index in [1.54, 1.807) is 6.07 Å². The molecule has 3 rings (SSSR count). The van der Waals surface area contributed by atoms with Gasteiger partial charge in [0.1, 0.15) is 11.6 Å². The van der Waals surface area contributed by atoms with E-state index < -0.39 is 11.6 Å². The average molecular weight is 352 g/mol. The second kappa shape index (κ2) is 5.25. The summed E-state index contributed by atoms with van der Waals surface area (Å²) in [7, 11) is 0. The van der Waals surface area contributed by atoms with Gasteiger partial charge in [0.15, 0.2) is 0 Å². The molecule has 2 aromatic carbocycles. The Labute approximate surface area is 126 Å². The maximum absolute atomic E-state index is 13.8.